The zero-order valence-corrected chi connectivity index (χ0v) is 11.5. The van der Waals surface area contributed by atoms with Crippen LogP contribution in [0.3, 0.4) is 0 Å². The maximum absolute atomic E-state index is 5.58. The summed E-state index contributed by atoms with van der Waals surface area (Å²) in [6.45, 7) is 4.47. The third-order valence-electron chi connectivity index (χ3n) is 2.78. The van der Waals surface area contributed by atoms with E-state index in [-0.39, 0.29) is 0 Å². The number of nitrogens with two attached hydrogens (primary N) is 1. The quantitative estimate of drug-likeness (QED) is 0.840. The number of aryl methyl sites for hydroxylation is 1. The van der Waals surface area contributed by atoms with Crippen LogP contribution in [0.25, 0.3) is 0 Å². The Hall–Kier alpha value is -1.23. The molecule has 0 aliphatic carbocycles. The molecule has 0 amide bonds. The largest absolute Gasteiger partial charge is 0.325 e. The van der Waals surface area contributed by atoms with Gasteiger partial charge in [-0.1, -0.05) is 6.92 Å². The fraction of sp³-hybridized carbons (Fsp3) is 0.357. The highest BCUT2D eigenvalue weighted by molar-refractivity contribution is 7.11. The van der Waals surface area contributed by atoms with E-state index in [0.717, 1.165) is 25.2 Å². The fourth-order valence-corrected chi connectivity index (χ4v) is 2.71. The molecule has 0 radical (unpaired) electrons. The summed E-state index contributed by atoms with van der Waals surface area (Å²) in [5.74, 6) is 0. The Morgan fingerprint density at radius 1 is 1.22 bits per heavy atom. The Kier molecular flexibility index (Phi) is 4.87. The molecule has 0 atom stereocenters. The van der Waals surface area contributed by atoms with Gasteiger partial charge in [0, 0.05) is 35.6 Å². The molecule has 0 aliphatic rings. The van der Waals surface area contributed by atoms with Gasteiger partial charge in [-0.3, -0.25) is 4.98 Å². The average Bonchev–Trinajstić information content (AvgIpc) is 2.87. The second kappa shape index (κ2) is 6.64. The summed E-state index contributed by atoms with van der Waals surface area (Å²) >= 11 is 1.88. The monoisotopic (exact) mass is 261 g/mol. The lowest BCUT2D eigenvalue weighted by molar-refractivity contribution is 0.698. The van der Waals surface area contributed by atoms with Gasteiger partial charge in [0.15, 0.2) is 0 Å². The third-order valence-corrected chi connectivity index (χ3v) is 4.01. The molecule has 0 saturated heterocycles. The van der Waals surface area contributed by atoms with Crippen molar-refractivity contribution in [3.63, 3.8) is 0 Å². The molecule has 4 heteroatoms. The van der Waals surface area contributed by atoms with Gasteiger partial charge in [0.25, 0.3) is 0 Å². The van der Waals surface area contributed by atoms with Crippen LogP contribution >= 0.6 is 11.3 Å². The number of thiophene rings is 1. The zero-order chi connectivity index (χ0) is 12.8. The molecule has 0 fully saturated rings. The van der Waals surface area contributed by atoms with Crippen molar-refractivity contribution in [1.29, 1.82) is 0 Å². The molecule has 0 aliphatic heterocycles. The van der Waals surface area contributed by atoms with Crippen molar-refractivity contribution in [2.45, 2.75) is 33.0 Å². The minimum absolute atomic E-state index is 0.499. The van der Waals surface area contributed by atoms with E-state index in [1.165, 1.54) is 15.3 Å². The average molecular weight is 261 g/mol. The molecule has 0 aromatic carbocycles. The molecule has 96 valence electrons. The van der Waals surface area contributed by atoms with Crippen LogP contribution in [0.1, 0.15) is 27.9 Å². The summed E-state index contributed by atoms with van der Waals surface area (Å²) in [6, 6.07) is 8.49. The van der Waals surface area contributed by atoms with E-state index >= 15 is 0 Å². The van der Waals surface area contributed by atoms with Crippen molar-refractivity contribution in [2.24, 2.45) is 5.73 Å². The van der Waals surface area contributed by atoms with Crippen molar-refractivity contribution in [3.8, 4) is 0 Å². The van der Waals surface area contributed by atoms with Gasteiger partial charge in [0.2, 0.25) is 0 Å². The molecule has 0 unspecified atom stereocenters. The van der Waals surface area contributed by atoms with Crippen molar-refractivity contribution in [3.05, 3.63) is 51.5 Å². The molecule has 0 spiro atoms. The first kappa shape index (κ1) is 13.2. The number of rotatable bonds is 6. The normalized spacial score (nSPS) is 10.8. The SMILES string of the molecule is CCc1ccc(CNCc2ccnc(CN)c2)s1. The summed E-state index contributed by atoms with van der Waals surface area (Å²) < 4.78 is 0. The predicted octanol–water partition coefficient (Wildman–Crippen LogP) is 2.45. The highest BCUT2D eigenvalue weighted by atomic mass is 32.1. The van der Waals surface area contributed by atoms with Crippen LogP contribution in [0, 0.1) is 0 Å². The van der Waals surface area contributed by atoms with Crippen LogP contribution in [0.4, 0.5) is 0 Å². The molecule has 3 nitrogen and oxygen atoms in total. The second-order valence-corrected chi connectivity index (χ2v) is 5.44. The third kappa shape index (κ3) is 3.63. The van der Waals surface area contributed by atoms with Gasteiger partial charge in [0.1, 0.15) is 0 Å². The minimum Gasteiger partial charge on any atom is -0.325 e. The van der Waals surface area contributed by atoms with E-state index in [2.05, 4.69) is 35.4 Å². The molecule has 2 rings (SSSR count). The number of nitrogens with zero attached hydrogens (tertiary/aromatic N) is 1. The van der Waals surface area contributed by atoms with E-state index in [9.17, 15) is 0 Å². The minimum atomic E-state index is 0.499. The molecule has 2 aromatic rings. The first-order valence-electron chi connectivity index (χ1n) is 6.24. The number of hydrogen-bond acceptors (Lipinski definition) is 4. The first-order chi connectivity index (χ1) is 8.81. The summed E-state index contributed by atoms with van der Waals surface area (Å²) in [5, 5.41) is 3.45. The van der Waals surface area contributed by atoms with Gasteiger partial charge in [-0.25, -0.2) is 0 Å². The number of pyridine rings is 1. The predicted molar refractivity (Wildman–Crippen MR) is 76.4 cm³/mol. The topological polar surface area (TPSA) is 50.9 Å². The molecule has 3 N–H and O–H groups in total. The summed E-state index contributed by atoms with van der Waals surface area (Å²) in [5.41, 5.74) is 7.75. The van der Waals surface area contributed by atoms with Gasteiger partial charge in [-0.15, -0.1) is 11.3 Å². The summed E-state index contributed by atoms with van der Waals surface area (Å²) in [4.78, 5) is 7.02. The molecule has 0 saturated carbocycles. The summed E-state index contributed by atoms with van der Waals surface area (Å²) in [7, 11) is 0. The lowest BCUT2D eigenvalue weighted by atomic mass is 10.2. The van der Waals surface area contributed by atoms with E-state index < -0.39 is 0 Å². The highest BCUT2D eigenvalue weighted by Crippen LogP contribution is 2.16. The molecular weight excluding hydrogens is 242 g/mol. The molecule has 0 bridgehead atoms. The Morgan fingerprint density at radius 2 is 2.06 bits per heavy atom. The van der Waals surface area contributed by atoms with E-state index in [1.807, 2.05) is 23.6 Å². The van der Waals surface area contributed by atoms with Gasteiger partial charge in [0.05, 0.1) is 5.69 Å². The van der Waals surface area contributed by atoms with E-state index in [4.69, 9.17) is 5.73 Å². The Morgan fingerprint density at radius 3 is 2.78 bits per heavy atom. The molecular formula is C14H19N3S. The van der Waals surface area contributed by atoms with E-state index in [1.54, 1.807) is 0 Å². The Labute approximate surface area is 112 Å². The van der Waals surface area contributed by atoms with Crippen LogP contribution in [-0.2, 0) is 26.1 Å². The molecule has 2 aromatic heterocycles. The van der Waals surface area contributed by atoms with Gasteiger partial charge >= 0.3 is 0 Å². The van der Waals surface area contributed by atoms with Gasteiger partial charge < -0.3 is 11.1 Å². The summed E-state index contributed by atoms with van der Waals surface area (Å²) in [6.07, 6.45) is 2.94. The first-order valence-corrected chi connectivity index (χ1v) is 7.05. The smallest absolute Gasteiger partial charge is 0.0542 e. The Balaban J connectivity index is 1.84. The maximum Gasteiger partial charge on any atom is 0.0542 e. The van der Waals surface area contributed by atoms with E-state index in [0.29, 0.717) is 6.54 Å². The molecule has 18 heavy (non-hydrogen) atoms. The lowest BCUT2D eigenvalue weighted by Gasteiger charge is -2.04. The number of nitrogens with one attached hydrogen (secondary N) is 1. The number of aromatic nitrogens is 1. The van der Waals surface area contributed by atoms with Crippen LogP contribution in [0.15, 0.2) is 30.5 Å². The van der Waals surface area contributed by atoms with Crippen molar-refractivity contribution < 1.29 is 0 Å². The van der Waals surface area contributed by atoms with Crippen LogP contribution in [0.5, 0.6) is 0 Å². The second-order valence-electron chi connectivity index (χ2n) is 4.18. The highest BCUT2D eigenvalue weighted by Gasteiger charge is 1.99. The van der Waals surface area contributed by atoms with Gasteiger partial charge in [-0.2, -0.15) is 0 Å². The fourth-order valence-electron chi connectivity index (χ4n) is 1.79. The van der Waals surface area contributed by atoms with Crippen LogP contribution in [0.2, 0.25) is 0 Å². The van der Waals surface area contributed by atoms with Gasteiger partial charge in [-0.05, 0) is 36.2 Å². The van der Waals surface area contributed by atoms with Crippen LogP contribution in [-0.4, -0.2) is 4.98 Å². The van der Waals surface area contributed by atoms with Crippen molar-refractivity contribution in [2.75, 3.05) is 0 Å². The lowest BCUT2D eigenvalue weighted by Crippen LogP contribution is -2.12. The number of hydrogen-bond donors (Lipinski definition) is 2. The molecule has 2 heterocycles. The Bertz CT molecular complexity index is 493. The standard InChI is InChI=1S/C14H19N3S/c1-2-13-3-4-14(18-13)10-16-9-11-5-6-17-12(7-11)8-15/h3-7,16H,2,8-10,15H2,1H3. The van der Waals surface area contributed by atoms with Crippen molar-refractivity contribution in [1.82, 2.24) is 10.3 Å². The van der Waals surface area contributed by atoms with Crippen LogP contribution < -0.4 is 11.1 Å². The maximum atomic E-state index is 5.58. The zero-order valence-electron chi connectivity index (χ0n) is 10.6. The van der Waals surface area contributed by atoms with Crippen molar-refractivity contribution >= 4 is 11.3 Å².